The van der Waals surface area contributed by atoms with Crippen molar-refractivity contribution in [2.75, 3.05) is 146 Å². The maximum atomic E-state index is 13.1. The summed E-state index contributed by atoms with van der Waals surface area (Å²) in [5.41, 5.74) is -0.977. The molecule has 11 N–H and O–H groups in total. The van der Waals surface area contributed by atoms with E-state index in [4.69, 9.17) is 131 Å². The fourth-order valence-corrected chi connectivity index (χ4v) is 14.0. The van der Waals surface area contributed by atoms with Crippen LogP contribution in [0.5, 0.6) is 0 Å². The number of hydrogen-bond acceptors (Lipinski definition) is 35. The summed E-state index contributed by atoms with van der Waals surface area (Å²) >= 11 is 20.3. The number of rotatable bonds is 57. The van der Waals surface area contributed by atoms with Crippen LogP contribution in [-0.4, -0.2) is 282 Å². The van der Waals surface area contributed by atoms with Crippen molar-refractivity contribution in [1.29, 1.82) is 0 Å². The number of hydrogen-bond donors (Lipinski definition) is 11. The molecule has 0 aromatic heterocycles. The number of ether oxygens (including phenoxy) is 10. The SMILES string of the molecule is COP(O)(=S)OCCCCCCOCC(COCCCOP(=O)([S-])OCCCCO[C@@H]1OC(CO)[C@H](O)[C@H](O)C1C)(COCCCOP([O-])(=S)OCCCCO[C@@H]1OC(CO)[C@H](O)[C@H](O)C1C)COCCCOP([O-])(=S)OCCCCO[C@@H]1OC(CO)[C@H](O)[C@H](O)C1NC(C)=O. The summed E-state index contributed by atoms with van der Waals surface area (Å²) < 4.78 is 114. The molecule has 3 rings (SSSR count). The predicted molar refractivity (Wildman–Crippen MR) is 352 cm³/mol. The summed E-state index contributed by atoms with van der Waals surface area (Å²) in [4.78, 5) is 47.7. The third-order valence-electron chi connectivity index (χ3n) is 15.2. The average Bonchev–Trinajstić information content (AvgIpc) is 0.883. The highest BCUT2D eigenvalue weighted by Crippen LogP contribution is 2.46. The molecule has 1 amide bonds. The van der Waals surface area contributed by atoms with Gasteiger partial charge in [0.15, 0.2) is 25.7 Å². The monoisotopic (exact) mass is 1540 g/mol. The van der Waals surface area contributed by atoms with Crippen molar-refractivity contribution in [3.63, 3.8) is 0 Å². The van der Waals surface area contributed by atoms with Crippen LogP contribution in [0, 0.1) is 17.3 Å². The van der Waals surface area contributed by atoms with Crippen molar-refractivity contribution in [2.24, 2.45) is 17.3 Å². The van der Waals surface area contributed by atoms with Crippen LogP contribution >= 0.6 is 27.0 Å². The number of aliphatic hydroxyl groups excluding tert-OH is 9. The fraction of sp³-hybridized carbons (Fsp3) is 0.982. The van der Waals surface area contributed by atoms with Crippen molar-refractivity contribution < 1.29 is 154 Å². The molecule has 3 fully saturated rings. The van der Waals surface area contributed by atoms with Gasteiger partial charge in [0.05, 0.1) is 110 Å². The molecule has 11 unspecified atom stereocenters. The van der Waals surface area contributed by atoms with Crippen LogP contribution in [0.15, 0.2) is 0 Å². The lowest BCUT2D eigenvalue weighted by Crippen LogP contribution is -2.64. The Hall–Kier alpha value is 0.800. The zero-order valence-corrected chi connectivity index (χ0v) is 61.9. The van der Waals surface area contributed by atoms with E-state index in [2.05, 4.69) is 5.32 Å². The van der Waals surface area contributed by atoms with Gasteiger partial charge in [-0.15, -0.1) is 0 Å². The van der Waals surface area contributed by atoms with Gasteiger partial charge < -0.3 is 162 Å². The smallest absolute Gasteiger partial charge is 0.324 e. The van der Waals surface area contributed by atoms with E-state index in [1.54, 1.807) is 13.8 Å². The van der Waals surface area contributed by atoms with Gasteiger partial charge in [-0.25, -0.2) is 0 Å². The number of amides is 1. The van der Waals surface area contributed by atoms with E-state index < -0.39 is 150 Å². The lowest BCUT2D eigenvalue weighted by Gasteiger charge is -2.42. The average molecular weight is 1550 g/mol. The zero-order chi connectivity index (χ0) is 71.2. The Labute approximate surface area is 583 Å². The van der Waals surface area contributed by atoms with Crippen molar-refractivity contribution in [2.45, 2.75) is 184 Å². The molecule has 0 bridgehead atoms. The Morgan fingerprint density at radius 3 is 1.16 bits per heavy atom. The molecule has 0 saturated carbocycles. The molecule has 0 aromatic carbocycles. The number of unbranched alkanes of at least 4 members (excludes halogenated alkanes) is 6. The third-order valence-corrected chi connectivity index (χ3v) is 21.8. The zero-order valence-electron chi connectivity index (χ0n) is 55.1. The van der Waals surface area contributed by atoms with E-state index in [1.165, 1.54) is 14.0 Å². The number of carbonyl (C=O) groups is 1. The minimum absolute atomic E-state index is 0.00805. The molecule has 20 atom stereocenters. The van der Waals surface area contributed by atoms with Gasteiger partial charge in [-0.2, -0.15) is 0 Å². The molecule has 0 aliphatic carbocycles. The highest BCUT2D eigenvalue weighted by Gasteiger charge is 2.46. The van der Waals surface area contributed by atoms with Crippen LogP contribution in [0.4, 0.5) is 0 Å². The van der Waals surface area contributed by atoms with E-state index in [9.17, 15) is 70.0 Å². The van der Waals surface area contributed by atoms with Crippen LogP contribution in [0.3, 0.4) is 0 Å². The Morgan fingerprint density at radius 2 is 0.771 bits per heavy atom. The van der Waals surface area contributed by atoms with E-state index in [1.807, 2.05) is 0 Å². The summed E-state index contributed by atoms with van der Waals surface area (Å²) in [6, 6.07) is -1.11. The van der Waals surface area contributed by atoms with Gasteiger partial charge in [-0.1, -0.05) is 50.3 Å². The van der Waals surface area contributed by atoms with Crippen molar-refractivity contribution >= 4 is 80.5 Å². The second-order valence-electron chi connectivity index (χ2n) is 23.3. The molecule has 3 aliphatic heterocycles. The van der Waals surface area contributed by atoms with Gasteiger partial charge in [-0.3, -0.25) is 9.36 Å². The van der Waals surface area contributed by atoms with Crippen LogP contribution in [0.2, 0.25) is 0 Å². The van der Waals surface area contributed by atoms with Crippen LogP contribution < -0.4 is 15.1 Å². The summed E-state index contributed by atoms with van der Waals surface area (Å²) in [7, 11) is 1.28. The predicted octanol–water partition coefficient (Wildman–Crippen LogP) is 0.0582. The highest BCUT2D eigenvalue weighted by atomic mass is 32.7. The van der Waals surface area contributed by atoms with Gasteiger partial charge in [-0.05, 0) is 82.4 Å². The molecule has 3 saturated heterocycles. The van der Waals surface area contributed by atoms with Gasteiger partial charge >= 0.3 is 6.72 Å². The van der Waals surface area contributed by atoms with Crippen molar-refractivity contribution in [1.82, 2.24) is 5.32 Å². The molecule has 570 valence electrons. The van der Waals surface area contributed by atoms with Gasteiger partial charge in [0.25, 0.3) is 0 Å². The van der Waals surface area contributed by atoms with E-state index >= 15 is 0 Å². The first-order valence-electron chi connectivity index (χ1n) is 32.2. The number of nitrogens with one attached hydrogen (secondary N) is 1. The van der Waals surface area contributed by atoms with Crippen molar-refractivity contribution in [3.05, 3.63) is 0 Å². The Kier molecular flexibility index (Phi) is 47.0. The Morgan fingerprint density at radius 1 is 0.469 bits per heavy atom. The second-order valence-corrected chi connectivity index (χ2v) is 34.5. The lowest BCUT2D eigenvalue weighted by molar-refractivity contribution is -0.282. The number of aliphatic hydroxyl groups is 9. The maximum Gasteiger partial charge on any atom is 0.324 e. The quantitative estimate of drug-likeness (QED) is 0.0218. The van der Waals surface area contributed by atoms with E-state index in [0.717, 1.165) is 12.8 Å². The van der Waals surface area contributed by atoms with Crippen molar-refractivity contribution in [3.8, 4) is 0 Å². The van der Waals surface area contributed by atoms with Gasteiger partial charge in [0.2, 0.25) is 5.91 Å². The maximum absolute atomic E-state index is 13.1. The minimum atomic E-state index is -3.95. The van der Waals surface area contributed by atoms with Gasteiger partial charge in [0, 0.05) is 72.1 Å². The minimum Gasteiger partial charge on any atom is -0.780 e. The number of carbonyl (C=O) groups excluding carboxylic acids is 1. The summed E-state index contributed by atoms with van der Waals surface area (Å²) in [6.07, 6.45) is -8.02. The second kappa shape index (κ2) is 49.6. The van der Waals surface area contributed by atoms with E-state index in [-0.39, 0.29) is 132 Å². The first-order chi connectivity index (χ1) is 45.6. The molecule has 0 spiro atoms. The standard InChI is InChI=1S/C55H109NO32P4S4/c1-39-46(61)48(63)42(32-57)86-52(39)76-22-9-12-26-80-90(68,94)83-29-15-19-73-36-55(35-72-18-7-5-6-8-25-79-89(67,93)71-4,37-74-20-16-30-84-91(69,95)81-27-13-10-23-77-53-40(2)47(62)49(64)43(33-58)87-53)38-75-21-17-31-85-92(70,96)82-28-14-11-24-78-54-45(56-41(3)60)51(66)50(65)44(34-59)88-54/h39-40,42-54,57-59,61-66H,5-38H2,1-4H3,(H,56,60)(H,67,93)(H,68,94)(H,69,95)(H,70,96)/p-3/t39?,40?,42?,43?,44?,45?,46-,47-,48+,49+,50+,51-,52-,53-,54-,55?,89?,90?,91?,92?/m1/s1. The van der Waals surface area contributed by atoms with Crippen LogP contribution in [-0.2, 0) is 141 Å². The molecular weight excluding hydrogens is 1440 g/mol. The molecule has 96 heavy (non-hydrogen) atoms. The molecule has 33 nitrogen and oxygen atoms in total. The summed E-state index contributed by atoms with van der Waals surface area (Å²) in [6.45, 7) is -11.1. The molecule has 0 aromatic rings. The Balaban J connectivity index is 1.56. The molecule has 3 heterocycles. The van der Waals surface area contributed by atoms with Crippen LogP contribution in [0.25, 0.3) is 0 Å². The first-order valence-corrected chi connectivity index (χ1v) is 42.5. The molecule has 41 heteroatoms. The Bertz CT molecular complexity index is 2190. The highest BCUT2D eigenvalue weighted by molar-refractivity contribution is 8.32. The van der Waals surface area contributed by atoms with E-state index in [0.29, 0.717) is 58.0 Å². The third kappa shape index (κ3) is 36.7. The fourth-order valence-electron chi connectivity index (χ4n) is 9.60. The topological polar surface area (TPSA) is 461 Å². The van der Waals surface area contributed by atoms with Crippen LogP contribution in [0.1, 0.15) is 104 Å². The lowest BCUT2D eigenvalue weighted by atomic mass is 9.92. The first kappa shape index (κ1) is 91.0. The van der Waals surface area contributed by atoms with Gasteiger partial charge in [0.1, 0.15) is 62.2 Å². The summed E-state index contributed by atoms with van der Waals surface area (Å²) in [5.74, 6) is -1.62. The molecular formula is C55H106NO32P4S4-3. The molecule has 0 radical (unpaired) electrons. The largest absolute Gasteiger partial charge is 0.780 e. The molecule has 3 aliphatic rings. The summed E-state index contributed by atoms with van der Waals surface area (Å²) in [5, 5.41) is 92.6. The normalized spacial score (nSPS) is 29.7.